The third kappa shape index (κ3) is 2.41. The molecule has 2 atom stereocenters. The monoisotopic (exact) mass is 253 g/mol. The molecule has 1 aliphatic carbocycles. The Morgan fingerprint density at radius 3 is 2.79 bits per heavy atom. The number of fused-ring (bicyclic) bond motifs is 1. The topological polar surface area (TPSA) is 33.1 Å². The van der Waals surface area contributed by atoms with Crippen molar-refractivity contribution in [2.24, 2.45) is 0 Å². The van der Waals surface area contributed by atoms with Crippen molar-refractivity contribution in [3.05, 3.63) is 65.0 Å². The van der Waals surface area contributed by atoms with Gasteiger partial charge in [0.2, 0.25) is 0 Å². The lowest BCUT2D eigenvalue weighted by atomic mass is 9.94. The number of aliphatic hydroxyl groups excluding tert-OH is 1. The maximum atomic E-state index is 10.2. The summed E-state index contributed by atoms with van der Waals surface area (Å²) in [7, 11) is 0. The number of pyridine rings is 1. The highest BCUT2D eigenvalue weighted by Gasteiger charge is 2.30. The van der Waals surface area contributed by atoms with Gasteiger partial charge >= 0.3 is 0 Å². The van der Waals surface area contributed by atoms with Gasteiger partial charge in [-0.25, -0.2) is 0 Å². The molecule has 0 unspecified atom stereocenters. The van der Waals surface area contributed by atoms with E-state index in [1.807, 2.05) is 12.3 Å². The second-order valence-electron chi connectivity index (χ2n) is 5.29. The largest absolute Gasteiger partial charge is 0.392 e. The predicted molar refractivity (Wildman–Crippen MR) is 76.2 cm³/mol. The molecule has 0 saturated carbocycles. The zero-order valence-corrected chi connectivity index (χ0v) is 11.2. The van der Waals surface area contributed by atoms with Crippen molar-refractivity contribution in [3.63, 3.8) is 0 Å². The van der Waals surface area contributed by atoms with E-state index in [1.165, 1.54) is 16.7 Å². The molecule has 98 valence electrons. The molecule has 2 aromatic rings. The van der Waals surface area contributed by atoms with Crippen molar-refractivity contribution in [3.8, 4) is 0 Å². The van der Waals surface area contributed by atoms with E-state index in [-0.39, 0.29) is 12.0 Å². The highest BCUT2D eigenvalue weighted by Crippen LogP contribution is 2.35. The van der Waals surface area contributed by atoms with E-state index in [1.54, 1.807) is 0 Å². The van der Waals surface area contributed by atoms with E-state index >= 15 is 0 Å². The minimum absolute atomic E-state index is 0.191. The lowest BCUT2D eigenvalue weighted by Gasteiger charge is -2.15. The number of aromatic nitrogens is 1. The molecule has 19 heavy (non-hydrogen) atoms. The Labute approximate surface area is 114 Å². The van der Waals surface area contributed by atoms with E-state index in [9.17, 15) is 5.11 Å². The molecule has 0 radical (unpaired) electrons. The summed E-state index contributed by atoms with van der Waals surface area (Å²) in [6.45, 7) is 2.13. The van der Waals surface area contributed by atoms with Gasteiger partial charge in [0.15, 0.2) is 0 Å². The van der Waals surface area contributed by atoms with Crippen molar-refractivity contribution in [1.82, 2.24) is 4.98 Å². The van der Waals surface area contributed by atoms with Gasteiger partial charge in [0.05, 0.1) is 6.10 Å². The van der Waals surface area contributed by atoms with Gasteiger partial charge in [-0.3, -0.25) is 4.98 Å². The Kier molecular flexibility index (Phi) is 3.34. The van der Waals surface area contributed by atoms with Crippen LogP contribution in [0.3, 0.4) is 0 Å². The summed E-state index contributed by atoms with van der Waals surface area (Å²) in [6.07, 6.45) is 4.28. The molecule has 2 heteroatoms. The zero-order chi connectivity index (χ0) is 13.2. The number of rotatable bonds is 3. The molecule has 0 fully saturated rings. The molecule has 0 bridgehead atoms. The molecule has 2 nitrogen and oxygen atoms in total. The van der Waals surface area contributed by atoms with Gasteiger partial charge in [-0.15, -0.1) is 0 Å². The first-order valence-electron chi connectivity index (χ1n) is 6.97. The Bertz CT molecular complexity index is 562. The average Bonchev–Trinajstić information content (AvgIpc) is 2.76. The van der Waals surface area contributed by atoms with E-state index in [4.69, 9.17) is 0 Å². The summed E-state index contributed by atoms with van der Waals surface area (Å²) >= 11 is 0. The van der Waals surface area contributed by atoms with Crippen LogP contribution in [0.15, 0.2) is 42.6 Å². The Morgan fingerprint density at radius 2 is 2.05 bits per heavy atom. The predicted octanol–water partition coefficient (Wildman–Crippen LogP) is 2.89. The van der Waals surface area contributed by atoms with Crippen LogP contribution in [0.2, 0.25) is 0 Å². The quantitative estimate of drug-likeness (QED) is 0.912. The first-order chi connectivity index (χ1) is 9.28. The van der Waals surface area contributed by atoms with E-state index < -0.39 is 0 Å². The van der Waals surface area contributed by atoms with Crippen LogP contribution in [0.4, 0.5) is 0 Å². The molecular weight excluding hydrogens is 234 g/mol. The number of hydrogen-bond donors (Lipinski definition) is 1. The van der Waals surface area contributed by atoms with Gasteiger partial charge in [-0.05, 0) is 42.0 Å². The van der Waals surface area contributed by atoms with Gasteiger partial charge in [-0.1, -0.05) is 37.3 Å². The highest BCUT2D eigenvalue weighted by atomic mass is 16.3. The molecule has 1 heterocycles. The van der Waals surface area contributed by atoms with Gasteiger partial charge in [0, 0.05) is 17.8 Å². The standard InChI is InChI=1S/C17H19NO/c1-2-12-7-8-14(18-11-12)10-16-15-6-4-3-5-13(15)9-17(16)19/h3-8,11,16-17,19H,2,9-10H2,1H3/t16-,17-/m1/s1. The fraction of sp³-hybridized carbons (Fsp3) is 0.353. The van der Waals surface area contributed by atoms with Crippen LogP contribution < -0.4 is 0 Å². The van der Waals surface area contributed by atoms with Gasteiger partial charge in [0.25, 0.3) is 0 Å². The van der Waals surface area contributed by atoms with E-state index in [0.29, 0.717) is 0 Å². The number of benzene rings is 1. The van der Waals surface area contributed by atoms with Crippen LogP contribution in [-0.2, 0) is 19.3 Å². The van der Waals surface area contributed by atoms with Crippen molar-refractivity contribution in [2.45, 2.75) is 38.2 Å². The molecule has 1 N–H and O–H groups in total. The van der Waals surface area contributed by atoms with E-state index in [2.05, 4.69) is 42.2 Å². The summed E-state index contributed by atoms with van der Waals surface area (Å²) < 4.78 is 0. The summed E-state index contributed by atoms with van der Waals surface area (Å²) in [5.74, 6) is 0.191. The van der Waals surface area contributed by atoms with Crippen molar-refractivity contribution >= 4 is 0 Å². The van der Waals surface area contributed by atoms with Crippen LogP contribution in [0.1, 0.15) is 35.2 Å². The summed E-state index contributed by atoms with van der Waals surface area (Å²) in [6, 6.07) is 12.6. The lowest BCUT2D eigenvalue weighted by molar-refractivity contribution is 0.155. The maximum absolute atomic E-state index is 10.2. The highest BCUT2D eigenvalue weighted by molar-refractivity contribution is 5.37. The Hall–Kier alpha value is -1.67. The minimum Gasteiger partial charge on any atom is -0.392 e. The normalized spacial score (nSPS) is 21.4. The van der Waals surface area contributed by atoms with Crippen molar-refractivity contribution in [1.29, 1.82) is 0 Å². The molecule has 3 rings (SSSR count). The fourth-order valence-corrected chi connectivity index (χ4v) is 2.91. The van der Waals surface area contributed by atoms with Crippen molar-refractivity contribution < 1.29 is 5.11 Å². The Balaban J connectivity index is 1.82. The third-order valence-electron chi connectivity index (χ3n) is 4.07. The molecule has 1 aromatic carbocycles. The van der Waals surface area contributed by atoms with Gasteiger partial charge in [0.1, 0.15) is 0 Å². The Morgan fingerprint density at radius 1 is 1.21 bits per heavy atom. The van der Waals surface area contributed by atoms with Crippen LogP contribution >= 0.6 is 0 Å². The number of hydrogen-bond acceptors (Lipinski definition) is 2. The van der Waals surface area contributed by atoms with Gasteiger partial charge < -0.3 is 5.11 Å². The lowest BCUT2D eigenvalue weighted by Crippen LogP contribution is -2.16. The molecular formula is C17H19NO. The second-order valence-corrected chi connectivity index (χ2v) is 5.29. The van der Waals surface area contributed by atoms with E-state index in [0.717, 1.165) is 25.0 Å². The fourth-order valence-electron chi connectivity index (χ4n) is 2.91. The molecule has 0 amide bonds. The first kappa shape index (κ1) is 12.4. The third-order valence-corrected chi connectivity index (χ3v) is 4.07. The second kappa shape index (κ2) is 5.14. The summed E-state index contributed by atoms with van der Waals surface area (Å²) in [4.78, 5) is 4.51. The smallest absolute Gasteiger partial charge is 0.0652 e. The number of aliphatic hydroxyl groups is 1. The number of aryl methyl sites for hydroxylation is 1. The average molecular weight is 253 g/mol. The molecule has 0 spiro atoms. The zero-order valence-electron chi connectivity index (χ0n) is 11.2. The van der Waals surface area contributed by atoms with Gasteiger partial charge in [-0.2, -0.15) is 0 Å². The van der Waals surface area contributed by atoms with Crippen LogP contribution in [-0.4, -0.2) is 16.2 Å². The number of nitrogens with zero attached hydrogens (tertiary/aromatic N) is 1. The first-order valence-corrected chi connectivity index (χ1v) is 6.97. The van der Waals surface area contributed by atoms with Crippen molar-refractivity contribution in [2.75, 3.05) is 0 Å². The SMILES string of the molecule is CCc1ccc(C[C@@H]2c3ccccc3C[C@H]2O)nc1. The summed E-state index contributed by atoms with van der Waals surface area (Å²) in [5.41, 5.74) is 4.90. The molecule has 1 aromatic heterocycles. The molecule has 1 aliphatic rings. The molecule has 0 saturated heterocycles. The molecule has 0 aliphatic heterocycles. The van der Waals surface area contributed by atoms with Crippen LogP contribution in [0, 0.1) is 0 Å². The minimum atomic E-state index is -0.273. The van der Waals surface area contributed by atoms with Crippen LogP contribution in [0.5, 0.6) is 0 Å². The summed E-state index contributed by atoms with van der Waals surface area (Å²) in [5, 5.41) is 10.2. The van der Waals surface area contributed by atoms with Crippen LogP contribution in [0.25, 0.3) is 0 Å². The maximum Gasteiger partial charge on any atom is 0.0652 e.